The molecule has 0 spiro atoms. The van der Waals surface area contributed by atoms with Crippen molar-refractivity contribution in [1.29, 1.82) is 0 Å². The van der Waals surface area contributed by atoms with Gasteiger partial charge in [-0.15, -0.1) is 0 Å². The minimum Gasteiger partial charge on any atom is -0.329 e. The summed E-state index contributed by atoms with van der Waals surface area (Å²) in [5.41, 5.74) is 5.94. The molecule has 0 aromatic rings. The molecule has 1 rings (SSSR count). The van der Waals surface area contributed by atoms with E-state index in [1.807, 2.05) is 0 Å². The van der Waals surface area contributed by atoms with Crippen molar-refractivity contribution in [3.63, 3.8) is 0 Å². The molecule has 0 aliphatic heterocycles. The molecule has 0 heterocycles. The molecule has 96 valence electrons. The third kappa shape index (κ3) is 4.84. The lowest BCUT2D eigenvalue weighted by molar-refractivity contribution is 0.169. The van der Waals surface area contributed by atoms with Crippen molar-refractivity contribution < 1.29 is 0 Å². The molecular weight excluding hydrogens is 196 g/mol. The number of hydrogen-bond donors (Lipinski definition) is 1. The monoisotopic (exact) mass is 226 g/mol. The Labute approximate surface area is 102 Å². The van der Waals surface area contributed by atoms with E-state index in [1.54, 1.807) is 0 Å². The fourth-order valence-corrected chi connectivity index (χ4v) is 2.34. The zero-order valence-corrected chi connectivity index (χ0v) is 11.4. The van der Waals surface area contributed by atoms with E-state index in [4.69, 9.17) is 5.73 Å². The molecule has 0 aromatic heterocycles. The maximum Gasteiger partial charge on any atom is 0.0221 e. The standard InChI is InChI=1S/C14H30N2/c1-4-5-6-14(11-15)16(13-7-8-13)10-9-12(2)3/h12-14H,4-11,15H2,1-3H3. The molecule has 1 saturated carbocycles. The highest BCUT2D eigenvalue weighted by Gasteiger charge is 2.32. The van der Waals surface area contributed by atoms with Crippen molar-refractivity contribution in [3.8, 4) is 0 Å². The van der Waals surface area contributed by atoms with Gasteiger partial charge in [0.05, 0.1) is 0 Å². The van der Waals surface area contributed by atoms with Gasteiger partial charge in [-0.05, 0) is 38.1 Å². The number of nitrogens with zero attached hydrogens (tertiary/aromatic N) is 1. The molecule has 1 atom stereocenters. The first-order valence-electron chi connectivity index (χ1n) is 7.14. The smallest absolute Gasteiger partial charge is 0.0221 e. The van der Waals surface area contributed by atoms with Crippen LogP contribution in [0.3, 0.4) is 0 Å². The average molecular weight is 226 g/mol. The minimum absolute atomic E-state index is 0.645. The van der Waals surface area contributed by atoms with Crippen LogP contribution in [0.15, 0.2) is 0 Å². The lowest BCUT2D eigenvalue weighted by Crippen LogP contribution is -2.43. The van der Waals surface area contributed by atoms with E-state index >= 15 is 0 Å². The maximum absolute atomic E-state index is 5.94. The summed E-state index contributed by atoms with van der Waals surface area (Å²) in [6.07, 6.45) is 8.04. The zero-order valence-electron chi connectivity index (χ0n) is 11.4. The lowest BCUT2D eigenvalue weighted by atomic mass is 10.1. The van der Waals surface area contributed by atoms with E-state index in [0.29, 0.717) is 6.04 Å². The second-order valence-electron chi connectivity index (χ2n) is 5.68. The topological polar surface area (TPSA) is 29.3 Å². The predicted molar refractivity (Wildman–Crippen MR) is 71.6 cm³/mol. The van der Waals surface area contributed by atoms with E-state index in [2.05, 4.69) is 25.7 Å². The minimum atomic E-state index is 0.645. The Kier molecular flexibility index (Phi) is 6.37. The Morgan fingerprint density at radius 2 is 1.94 bits per heavy atom. The highest BCUT2D eigenvalue weighted by molar-refractivity contribution is 4.89. The summed E-state index contributed by atoms with van der Waals surface area (Å²) in [6.45, 7) is 8.99. The van der Waals surface area contributed by atoms with Gasteiger partial charge in [0.25, 0.3) is 0 Å². The molecule has 2 N–H and O–H groups in total. The van der Waals surface area contributed by atoms with E-state index in [1.165, 1.54) is 45.1 Å². The summed E-state index contributed by atoms with van der Waals surface area (Å²) in [4.78, 5) is 2.70. The van der Waals surface area contributed by atoms with Gasteiger partial charge in [0, 0.05) is 18.6 Å². The van der Waals surface area contributed by atoms with Crippen molar-refractivity contribution in [1.82, 2.24) is 4.90 Å². The van der Waals surface area contributed by atoms with Crippen LogP contribution in [0.25, 0.3) is 0 Å². The van der Waals surface area contributed by atoms with Crippen LogP contribution in [-0.2, 0) is 0 Å². The molecule has 16 heavy (non-hydrogen) atoms. The quantitative estimate of drug-likeness (QED) is 0.655. The van der Waals surface area contributed by atoms with Gasteiger partial charge in [0.1, 0.15) is 0 Å². The number of unbranched alkanes of at least 4 members (excludes halogenated alkanes) is 1. The molecule has 1 aliphatic rings. The highest BCUT2D eigenvalue weighted by atomic mass is 15.2. The SMILES string of the molecule is CCCCC(CN)N(CCC(C)C)C1CC1. The Balaban J connectivity index is 2.39. The third-order valence-electron chi connectivity index (χ3n) is 3.61. The first-order chi connectivity index (χ1) is 7.69. The Bertz CT molecular complexity index is 176. The summed E-state index contributed by atoms with van der Waals surface area (Å²) in [7, 11) is 0. The van der Waals surface area contributed by atoms with Crippen LogP contribution in [0.2, 0.25) is 0 Å². The predicted octanol–water partition coefficient (Wildman–Crippen LogP) is 3.01. The van der Waals surface area contributed by atoms with Crippen LogP contribution in [0.1, 0.15) is 59.3 Å². The molecular formula is C14H30N2. The molecule has 1 fully saturated rings. The summed E-state index contributed by atoms with van der Waals surface area (Å²) in [6, 6.07) is 1.51. The first-order valence-corrected chi connectivity index (χ1v) is 7.14. The summed E-state index contributed by atoms with van der Waals surface area (Å²) in [5, 5.41) is 0. The van der Waals surface area contributed by atoms with E-state index < -0.39 is 0 Å². The molecule has 0 saturated heterocycles. The Hall–Kier alpha value is -0.0800. The van der Waals surface area contributed by atoms with Gasteiger partial charge < -0.3 is 5.73 Å². The van der Waals surface area contributed by atoms with Crippen LogP contribution in [-0.4, -0.2) is 30.1 Å². The summed E-state index contributed by atoms with van der Waals surface area (Å²) < 4.78 is 0. The van der Waals surface area contributed by atoms with E-state index in [-0.39, 0.29) is 0 Å². The normalized spacial score (nSPS) is 18.4. The van der Waals surface area contributed by atoms with Crippen LogP contribution < -0.4 is 5.73 Å². The Morgan fingerprint density at radius 1 is 1.25 bits per heavy atom. The maximum atomic E-state index is 5.94. The number of rotatable bonds is 9. The second kappa shape index (κ2) is 7.29. The zero-order chi connectivity index (χ0) is 12.0. The van der Waals surface area contributed by atoms with E-state index in [0.717, 1.165) is 18.5 Å². The van der Waals surface area contributed by atoms with Crippen molar-refractivity contribution in [2.45, 2.75) is 71.4 Å². The van der Waals surface area contributed by atoms with Crippen molar-refractivity contribution in [2.24, 2.45) is 11.7 Å². The Morgan fingerprint density at radius 3 is 2.38 bits per heavy atom. The van der Waals surface area contributed by atoms with Gasteiger partial charge in [-0.1, -0.05) is 33.6 Å². The first kappa shape index (κ1) is 14.0. The van der Waals surface area contributed by atoms with Crippen LogP contribution in [0, 0.1) is 5.92 Å². The van der Waals surface area contributed by atoms with Crippen molar-refractivity contribution in [3.05, 3.63) is 0 Å². The summed E-state index contributed by atoms with van der Waals surface area (Å²) >= 11 is 0. The van der Waals surface area contributed by atoms with Crippen molar-refractivity contribution in [2.75, 3.05) is 13.1 Å². The fraction of sp³-hybridized carbons (Fsp3) is 1.00. The largest absolute Gasteiger partial charge is 0.329 e. The molecule has 1 unspecified atom stereocenters. The highest BCUT2D eigenvalue weighted by Crippen LogP contribution is 2.30. The fourth-order valence-electron chi connectivity index (χ4n) is 2.34. The van der Waals surface area contributed by atoms with Gasteiger partial charge in [-0.25, -0.2) is 0 Å². The van der Waals surface area contributed by atoms with Gasteiger partial charge in [-0.3, -0.25) is 4.90 Å². The molecule has 2 heteroatoms. The molecule has 2 nitrogen and oxygen atoms in total. The van der Waals surface area contributed by atoms with Gasteiger partial charge in [0.2, 0.25) is 0 Å². The summed E-state index contributed by atoms with van der Waals surface area (Å²) in [5.74, 6) is 0.811. The van der Waals surface area contributed by atoms with Crippen molar-refractivity contribution >= 4 is 0 Å². The van der Waals surface area contributed by atoms with E-state index in [9.17, 15) is 0 Å². The van der Waals surface area contributed by atoms with Crippen LogP contribution >= 0.6 is 0 Å². The third-order valence-corrected chi connectivity index (χ3v) is 3.61. The molecule has 0 aromatic carbocycles. The number of hydrogen-bond acceptors (Lipinski definition) is 2. The molecule has 0 bridgehead atoms. The van der Waals surface area contributed by atoms with Gasteiger partial charge >= 0.3 is 0 Å². The second-order valence-corrected chi connectivity index (χ2v) is 5.68. The molecule has 0 radical (unpaired) electrons. The van der Waals surface area contributed by atoms with Crippen LogP contribution in [0.4, 0.5) is 0 Å². The van der Waals surface area contributed by atoms with Gasteiger partial charge in [-0.2, -0.15) is 0 Å². The lowest BCUT2D eigenvalue weighted by Gasteiger charge is -2.31. The molecule has 1 aliphatic carbocycles. The number of nitrogens with two attached hydrogens (primary N) is 1. The molecule has 0 amide bonds. The average Bonchev–Trinajstić information content (AvgIpc) is 3.06. The van der Waals surface area contributed by atoms with Crippen LogP contribution in [0.5, 0.6) is 0 Å². The van der Waals surface area contributed by atoms with Gasteiger partial charge in [0.15, 0.2) is 0 Å².